The number of hydrogen-bond donors (Lipinski definition) is 6. The van der Waals surface area contributed by atoms with Crippen molar-refractivity contribution in [3.05, 3.63) is 16.3 Å². The normalized spacial score (nSPS) is 12.0. The highest BCUT2D eigenvalue weighted by Gasteiger charge is 2.28. The fourth-order valence-electron chi connectivity index (χ4n) is 2.25. The predicted molar refractivity (Wildman–Crippen MR) is 124 cm³/mol. The van der Waals surface area contributed by atoms with E-state index in [1.165, 1.54) is 4.90 Å². The molecule has 0 aromatic heterocycles. The van der Waals surface area contributed by atoms with Crippen molar-refractivity contribution in [3.63, 3.8) is 0 Å². The molecule has 0 aliphatic heterocycles. The van der Waals surface area contributed by atoms with Crippen molar-refractivity contribution < 1.29 is 35.1 Å². The maximum absolute atomic E-state index is 12.2. The molecule has 0 saturated heterocycles. The zero-order valence-electron chi connectivity index (χ0n) is 14.0. The molecule has 1 rings (SSSR count). The Morgan fingerprint density at radius 3 is 2.11 bits per heavy atom. The zero-order chi connectivity index (χ0) is 20.7. The van der Waals surface area contributed by atoms with E-state index in [1.807, 2.05) is 67.8 Å². The lowest BCUT2D eigenvalue weighted by Crippen LogP contribution is -2.37. The second-order valence-electron chi connectivity index (χ2n) is 5.32. The van der Waals surface area contributed by atoms with Crippen LogP contribution in [0.3, 0.4) is 0 Å². The van der Waals surface area contributed by atoms with Gasteiger partial charge in [0.05, 0.1) is 34.3 Å². The number of aliphatic hydroxyl groups excluding tert-OH is 5. The molecule has 0 aliphatic rings. The van der Waals surface area contributed by atoms with Gasteiger partial charge in [-0.2, -0.15) is 0 Å². The third-order valence-electron chi connectivity index (χ3n) is 3.47. The van der Waals surface area contributed by atoms with Crippen LogP contribution >= 0.6 is 67.8 Å². The number of rotatable bonds is 9. The van der Waals surface area contributed by atoms with Gasteiger partial charge in [-0.3, -0.25) is 9.59 Å². The summed E-state index contributed by atoms with van der Waals surface area (Å²) in [5, 5.41) is 49.3. The van der Waals surface area contributed by atoms with Crippen molar-refractivity contribution >= 4 is 91.0 Å². The van der Waals surface area contributed by atoms with E-state index < -0.39 is 37.7 Å². The third kappa shape index (κ3) is 6.31. The Morgan fingerprint density at radius 1 is 1.00 bits per heavy atom. The van der Waals surface area contributed by atoms with Gasteiger partial charge in [0.2, 0.25) is 5.91 Å². The Labute approximate surface area is 196 Å². The van der Waals surface area contributed by atoms with Crippen LogP contribution in [-0.4, -0.2) is 76.4 Å². The largest absolute Gasteiger partial charge is 0.395 e. The highest BCUT2D eigenvalue weighted by molar-refractivity contribution is 14.1. The van der Waals surface area contributed by atoms with Gasteiger partial charge >= 0.3 is 0 Å². The van der Waals surface area contributed by atoms with Crippen LogP contribution in [0, 0.1) is 10.7 Å². The van der Waals surface area contributed by atoms with Gasteiger partial charge < -0.3 is 35.7 Å². The second-order valence-corrected chi connectivity index (χ2v) is 8.55. The summed E-state index contributed by atoms with van der Waals surface area (Å²) >= 11 is 5.89. The monoisotopic (exact) mass is 720 g/mol. The first-order valence-corrected chi connectivity index (χ1v) is 10.9. The predicted octanol–water partition coefficient (Wildman–Crippen LogP) is -0.356. The van der Waals surface area contributed by atoms with Crippen LogP contribution in [-0.2, 0) is 16.0 Å². The van der Waals surface area contributed by atoms with Gasteiger partial charge in [0.25, 0.3) is 5.91 Å². The molecule has 1 atom stereocenters. The van der Waals surface area contributed by atoms with E-state index in [9.17, 15) is 30.0 Å². The van der Waals surface area contributed by atoms with Gasteiger partial charge in [-0.1, -0.05) is 0 Å². The highest BCUT2D eigenvalue weighted by Crippen LogP contribution is 2.41. The molecule has 1 unspecified atom stereocenters. The molecule has 0 bridgehead atoms. The van der Waals surface area contributed by atoms with Gasteiger partial charge in [-0.05, 0) is 73.3 Å². The maximum Gasteiger partial charge on any atom is 0.252 e. The Balaban J connectivity index is 3.72. The van der Waals surface area contributed by atoms with Crippen LogP contribution in [0.25, 0.3) is 0 Å². The average molecular weight is 720 g/mol. The SMILES string of the molecule is O=C(CO)Nc1c(I)c(CC(O)CO)c(I)c(N(CCO)C(=O)CO)c1I. The van der Waals surface area contributed by atoms with E-state index in [4.69, 9.17) is 5.11 Å². The summed E-state index contributed by atoms with van der Waals surface area (Å²) in [6, 6.07) is 0. The molecule has 1 aromatic rings. The van der Waals surface area contributed by atoms with Crippen LogP contribution in [0.5, 0.6) is 0 Å². The molecule has 9 nitrogen and oxygen atoms in total. The summed E-state index contributed by atoms with van der Waals surface area (Å²) in [6.45, 7) is -2.41. The zero-order valence-corrected chi connectivity index (χ0v) is 20.4. The first-order chi connectivity index (χ1) is 12.7. The number of halogens is 3. The number of carbonyl (C=O) groups is 2. The summed E-state index contributed by atoms with van der Waals surface area (Å²) in [7, 11) is 0. The second kappa shape index (κ2) is 12.0. The third-order valence-corrected chi connectivity index (χ3v) is 6.88. The van der Waals surface area contributed by atoms with Crippen LogP contribution in [0.2, 0.25) is 0 Å². The van der Waals surface area contributed by atoms with Crippen LogP contribution in [0.4, 0.5) is 11.4 Å². The molecule has 12 heteroatoms. The van der Waals surface area contributed by atoms with E-state index in [-0.39, 0.29) is 19.6 Å². The fourth-order valence-corrected chi connectivity index (χ4v) is 6.71. The molecule has 2 amide bonds. The highest BCUT2D eigenvalue weighted by atomic mass is 127. The summed E-state index contributed by atoms with van der Waals surface area (Å²) in [4.78, 5) is 25.1. The molecular weight excluding hydrogens is 701 g/mol. The average Bonchev–Trinajstić information content (AvgIpc) is 2.66. The Morgan fingerprint density at radius 2 is 1.63 bits per heavy atom. The van der Waals surface area contributed by atoms with Gasteiger partial charge in [-0.15, -0.1) is 0 Å². The number of nitrogens with zero attached hydrogens (tertiary/aromatic N) is 1. The lowest BCUT2D eigenvalue weighted by molar-refractivity contribution is -0.121. The molecule has 1 aromatic carbocycles. The van der Waals surface area contributed by atoms with Gasteiger partial charge in [0.1, 0.15) is 13.2 Å². The summed E-state index contributed by atoms with van der Waals surface area (Å²) in [6.07, 6.45) is -1.000. The van der Waals surface area contributed by atoms with Crippen molar-refractivity contribution in [1.82, 2.24) is 0 Å². The molecule has 0 spiro atoms. The summed E-state index contributed by atoms with van der Waals surface area (Å²) in [5.41, 5.74) is 1.27. The number of carbonyl (C=O) groups excluding carboxylic acids is 2. The van der Waals surface area contributed by atoms with Gasteiger partial charge in [-0.25, -0.2) is 0 Å². The number of aliphatic hydroxyl groups is 5. The standard InChI is InChI=1S/C15H19I3N2O7/c16-11-8(3-7(25)4-22)12(17)15(20(1-2-21)10(27)6-24)13(18)14(11)19-9(26)5-23/h7,21-25H,1-6H2,(H,19,26). The molecule has 0 saturated carbocycles. The van der Waals surface area contributed by atoms with Crippen LogP contribution in [0.15, 0.2) is 0 Å². The Hall–Kier alpha value is 0.150. The maximum atomic E-state index is 12.2. The summed E-state index contributed by atoms with van der Waals surface area (Å²) in [5.74, 6) is -1.30. The minimum atomic E-state index is -1.05. The van der Waals surface area contributed by atoms with Crippen molar-refractivity contribution in [2.24, 2.45) is 0 Å². The van der Waals surface area contributed by atoms with E-state index in [0.717, 1.165) is 0 Å². The lowest BCUT2D eigenvalue weighted by Gasteiger charge is -2.28. The van der Waals surface area contributed by atoms with E-state index in [2.05, 4.69) is 5.32 Å². The van der Waals surface area contributed by atoms with Crippen molar-refractivity contribution in [3.8, 4) is 0 Å². The van der Waals surface area contributed by atoms with Crippen molar-refractivity contribution in [2.45, 2.75) is 12.5 Å². The number of anilines is 2. The van der Waals surface area contributed by atoms with Crippen molar-refractivity contribution in [1.29, 1.82) is 0 Å². The first kappa shape index (κ1) is 25.2. The number of benzene rings is 1. The van der Waals surface area contributed by atoms with Gasteiger partial charge in [0.15, 0.2) is 0 Å². The van der Waals surface area contributed by atoms with Crippen molar-refractivity contribution in [2.75, 3.05) is 43.2 Å². The molecule has 27 heavy (non-hydrogen) atoms. The number of hydrogen-bond acceptors (Lipinski definition) is 7. The fraction of sp³-hybridized carbons (Fsp3) is 0.467. The first-order valence-electron chi connectivity index (χ1n) is 7.64. The van der Waals surface area contributed by atoms with Crippen LogP contribution in [0.1, 0.15) is 5.56 Å². The van der Waals surface area contributed by atoms with Crippen LogP contribution < -0.4 is 10.2 Å². The minimum Gasteiger partial charge on any atom is -0.395 e. The smallest absolute Gasteiger partial charge is 0.252 e. The van der Waals surface area contributed by atoms with E-state index in [1.54, 1.807) is 0 Å². The number of amides is 2. The molecular formula is C15H19I3N2O7. The minimum absolute atomic E-state index is 0.0548. The molecule has 6 N–H and O–H groups in total. The Kier molecular flexibility index (Phi) is 11.2. The molecule has 0 aliphatic carbocycles. The summed E-state index contributed by atoms with van der Waals surface area (Å²) < 4.78 is 1.63. The topological polar surface area (TPSA) is 151 Å². The molecule has 152 valence electrons. The quantitative estimate of drug-likeness (QED) is 0.191. The molecule has 0 radical (unpaired) electrons. The Bertz CT molecular complexity index is 703. The number of nitrogens with one attached hydrogen (secondary N) is 1. The molecule has 0 fully saturated rings. The molecule has 0 heterocycles. The van der Waals surface area contributed by atoms with E-state index in [0.29, 0.717) is 27.6 Å². The van der Waals surface area contributed by atoms with E-state index >= 15 is 0 Å². The van der Waals surface area contributed by atoms with Gasteiger partial charge in [0, 0.05) is 20.1 Å². The lowest BCUT2D eigenvalue weighted by atomic mass is 10.1.